The van der Waals surface area contributed by atoms with Gasteiger partial charge < -0.3 is 5.32 Å². The predicted molar refractivity (Wildman–Crippen MR) is 86.1 cm³/mol. The summed E-state index contributed by atoms with van der Waals surface area (Å²) in [5.41, 5.74) is 1.31. The van der Waals surface area contributed by atoms with E-state index in [1.165, 1.54) is 26.1 Å². The molecule has 2 aromatic heterocycles. The lowest BCUT2D eigenvalue weighted by Crippen LogP contribution is -2.17. The number of hydrogen-bond acceptors (Lipinski definition) is 3. The first kappa shape index (κ1) is 13.3. The van der Waals surface area contributed by atoms with Crippen LogP contribution in [0.3, 0.4) is 0 Å². The minimum Gasteiger partial charge on any atom is -0.305 e. The Bertz CT molecular complexity index is 718. The molecular weight excluding hydrogens is 264 g/mol. The van der Waals surface area contributed by atoms with Crippen LogP contribution in [-0.2, 0) is 6.54 Å². The SMILES string of the molecule is Cc1ccc(C(C)NCc2ccc3cnccc3c2)s1. The van der Waals surface area contributed by atoms with Crippen LogP contribution in [0.5, 0.6) is 0 Å². The van der Waals surface area contributed by atoms with E-state index < -0.39 is 0 Å². The van der Waals surface area contributed by atoms with Gasteiger partial charge >= 0.3 is 0 Å². The topological polar surface area (TPSA) is 24.9 Å². The minimum absolute atomic E-state index is 0.391. The van der Waals surface area contributed by atoms with Crippen LogP contribution in [0.2, 0.25) is 0 Å². The van der Waals surface area contributed by atoms with Gasteiger partial charge in [-0.25, -0.2) is 0 Å². The molecule has 0 bridgehead atoms. The van der Waals surface area contributed by atoms with Crippen LogP contribution in [0.1, 0.15) is 28.3 Å². The van der Waals surface area contributed by atoms with Crippen LogP contribution in [0, 0.1) is 6.92 Å². The van der Waals surface area contributed by atoms with Crippen LogP contribution in [0.4, 0.5) is 0 Å². The average molecular weight is 282 g/mol. The Balaban J connectivity index is 1.70. The van der Waals surface area contributed by atoms with Crippen molar-refractivity contribution in [2.24, 2.45) is 0 Å². The number of rotatable bonds is 4. The van der Waals surface area contributed by atoms with E-state index in [9.17, 15) is 0 Å². The molecule has 0 aliphatic heterocycles. The van der Waals surface area contributed by atoms with Gasteiger partial charge in [0.25, 0.3) is 0 Å². The number of aromatic nitrogens is 1. The molecule has 3 aromatic rings. The van der Waals surface area contributed by atoms with Crippen molar-refractivity contribution in [3.63, 3.8) is 0 Å². The summed E-state index contributed by atoms with van der Waals surface area (Å²) in [5.74, 6) is 0. The van der Waals surface area contributed by atoms with E-state index in [0.717, 1.165) is 6.54 Å². The lowest BCUT2D eigenvalue weighted by Gasteiger charge is -2.12. The highest BCUT2D eigenvalue weighted by Crippen LogP contribution is 2.23. The van der Waals surface area contributed by atoms with E-state index >= 15 is 0 Å². The second-order valence-corrected chi connectivity index (χ2v) is 6.43. The van der Waals surface area contributed by atoms with Gasteiger partial charge in [0, 0.05) is 40.1 Å². The van der Waals surface area contributed by atoms with Crippen molar-refractivity contribution in [2.75, 3.05) is 0 Å². The lowest BCUT2D eigenvalue weighted by molar-refractivity contribution is 0.583. The Morgan fingerprint density at radius 3 is 2.85 bits per heavy atom. The number of aryl methyl sites for hydroxylation is 1. The quantitative estimate of drug-likeness (QED) is 0.764. The zero-order valence-corrected chi connectivity index (χ0v) is 12.6. The van der Waals surface area contributed by atoms with E-state index in [1.54, 1.807) is 0 Å². The van der Waals surface area contributed by atoms with Crippen molar-refractivity contribution in [1.29, 1.82) is 0 Å². The fraction of sp³-hybridized carbons (Fsp3) is 0.235. The molecule has 1 atom stereocenters. The Morgan fingerprint density at radius 2 is 2.05 bits per heavy atom. The third-order valence-corrected chi connectivity index (χ3v) is 4.69. The molecule has 1 unspecified atom stereocenters. The van der Waals surface area contributed by atoms with E-state index in [1.807, 2.05) is 23.7 Å². The number of pyridine rings is 1. The van der Waals surface area contributed by atoms with Gasteiger partial charge in [-0.1, -0.05) is 12.1 Å². The fourth-order valence-electron chi connectivity index (χ4n) is 2.30. The van der Waals surface area contributed by atoms with E-state index in [-0.39, 0.29) is 0 Å². The second-order valence-electron chi connectivity index (χ2n) is 5.11. The average Bonchev–Trinajstić information content (AvgIpc) is 2.91. The summed E-state index contributed by atoms with van der Waals surface area (Å²) in [4.78, 5) is 6.91. The van der Waals surface area contributed by atoms with Crippen molar-refractivity contribution in [1.82, 2.24) is 10.3 Å². The molecule has 1 aromatic carbocycles. The van der Waals surface area contributed by atoms with Crippen LogP contribution >= 0.6 is 11.3 Å². The van der Waals surface area contributed by atoms with Gasteiger partial charge in [0.05, 0.1) is 0 Å². The largest absolute Gasteiger partial charge is 0.305 e. The second kappa shape index (κ2) is 5.73. The number of thiophene rings is 1. The highest BCUT2D eigenvalue weighted by atomic mass is 32.1. The first-order valence-electron chi connectivity index (χ1n) is 6.85. The van der Waals surface area contributed by atoms with Gasteiger partial charge in [-0.2, -0.15) is 0 Å². The molecule has 0 radical (unpaired) electrons. The normalized spacial score (nSPS) is 12.7. The smallest absolute Gasteiger partial charge is 0.0388 e. The van der Waals surface area contributed by atoms with E-state index in [4.69, 9.17) is 0 Å². The molecule has 2 heterocycles. The molecule has 0 saturated heterocycles. The van der Waals surface area contributed by atoms with Crippen molar-refractivity contribution >= 4 is 22.1 Å². The molecule has 0 saturated carbocycles. The molecular formula is C17H18N2S. The van der Waals surface area contributed by atoms with Crippen LogP contribution in [-0.4, -0.2) is 4.98 Å². The molecule has 0 amide bonds. The summed E-state index contributed by atoms with van der Waals surface area (Å²) in [6, 6.07) is 13.4. The lowest BCUT2D eigenvalue weighted by atomic mass is 10.1. The Morgan fingerprint density at radius 1 is 1.15 bits per heavy atom. The van der Waals surface area contributed by atoms with Gasteiger partial charge in [-0.15, -0.1) is 11.3 Å². The van der Waals surface area contributed by atoms with E-state index in [2.05, 4.69) is 60.5 Å². The molecule has 3 heteroatoms. The van der Waals surface area contributed by atoms with Gasteiger partial charge in [0.15, 0.2) is 0 Å². The molecule has 102 valence electrons. The predicted octanol–water partition coefficient (Wildman–Crippen LogP) is 4.46. The van der Waals surface area contributed by atoms with Crippen LogP contribution < -0.4 is 5.32 Å². The first-order chi connectivity index (χ1) is 9.72. The highest BCUT2D eigenvalue weighted by molar-refractivity contribution is 7.12. The number of fused-ring (bicyclic) bond motifs is 1. The third kappa shape index (κ3) is 2.89. The Kier molecular flexibility index (Phi) is 3.81. The number of hydrogen-bond donors (Lipinski definition) is 1. The molecule has 0 spiro atoms. The summed E-state index contributed by atoms with van der Waals surface area (Å²) in [6.07, 6.45) is 3.75. The summed E-state index contributed by atoms with van der Waals surface area (Å²) >= 11 is 1.86. The zero-order valence-electron chi connectivity index (χ0n) is 11.8. The minimum atomic E-state index is 0.391. The maximum atomic E-state index is 4.14. The van der Waals surface area contributed by atoms with Crippen LogP contribution in [0.15, 0.2) is 48.8 Å². The van der Waals surface area contributed by atoms with Gasteiger partial charge in [-0.3, -0.25) is 4.98 Å². The highest BCUT2D eigenvalue weighted by Gasteiger charge is 2.07. The molecule has 20 heavy (non-hydrogen) atoms. The number of benzene rings is 1. The maximum Gasteiger partial charge on any atom is 0.0388 e. The monoisotopic (exact) mass is 282 g/mol. The zero-order chi connectivity index (χ0) is 13.9. The van der Waals surface area contributed by atoms with Crippen LogP contribution in [0.25, 0.3) is 10.8 Å². The van der Waals surface area contributed by atoms with Gasteiger partial charge in [0.1, 0.15) is 0 Å². The fourth-order valence-corrected chi connectivity index (χ4v) is 3.20. The summed E-state index contributed by atoms with van der Waals surface area (Å²) in [6.45, 7) is 5.25. The Hall–Kier alpha value is -1.71. The molecule has 0 aliphatic carbocycles. The van der Waals surface area contributed by atoms with Crippen molar-refractivity contribution in [2.45, 2.75) is 26.4 Å². The molecule has 1 N–H and O–H groups in total. The Labute approximate surface area is 123 Å². The first-order valence-corrected chi connectivity index (χ1v) is 7.66. The number of nitrogens with zero attached hydrogens (tertiary/aromatic N) is 1. The molecule has 3 rings (SSSR count). The van der Waals surface area contributed by atoms with Crippen molar-refractivity contribution in [3.8, 4) is 0 Å². The molecule has 0 aliphatic rings. The summed E-state index contributed by atoms with van der Waals surface area (Å²) in [5, 5.41) is 6.03. The standard InChI is InChI=1S/C17H18N2S/c1-12-3-6-17(20-12)13(2)19-10-14-4-5-16-11-18-8-7-15(16)9-14/h3-9,11,13,19H,10H2,1-2H3. The number of nitrogens with one attached hydrogen (secondary N) is 1. The van der Waals surface area contributed by atoms with E-state index in [0.29, 0.717) is 6.04 Å². The van der Waals surface area contributed by atoms with Crippen molar-refractivity contribution in [3.05, 3.63) is 64.1 Å². The van der Waals surface area contributed by atoms with Gasteiger partial charge in [0.2, 0.25) is 0 Å². The molecule has 0 fully saturated rings. The van der Waals surface area contributed by atoms with Crippen molar-refractivity contribution < 1.29 is 0 Å². The summed E-state index contributed by atoms with van der Waals surface area (Å²) < 4.78 is 0. The summed E-state index contributed by atoms with van der Waals surface area (Å²) in [7, 11) is 0. The third-order valence-electron chi connectivity index (χ3n) is 3.51. The maximum absolute atomic E-state index is 4.14. The van der Waals surface area contributed by atoms with Gasteiger partial charge in [-0.05, 0) is 49.1 Å². The molecule has 2 nitrogen and oxygen atoms in total.